The third-order valence-electron chi connectivity index (χ3n) is 4.64. The van der Waals surface area contributed by atoms with Gasteiger partial charge in [0.1, 0.15) is 11.5 Å². The second-order valence-electron chi connectivity index (χ2n) is 7.09. The number of carbonyl (C=O) groups is 1. The first kappa shape index (κ1) is 25.1. The molecular weight excluding hydrogens is 478 g/mol. The number of sulfonamides is 1. The highest BCUT2D eigenvalue weighted by atomic mass is 35.5. The van der Waals surface area contributed by atoms with E-state index in [0.29, 0.717) is 34.4 Å². The molecule has 176 valence electrons. The number of ether oxygens (including phenoxy) is 2. The molecule has 10 heteroatoms. The van der Waals surface area contributed by atoms with Crippen molar-refractivity contribution in [1.82, 2.24) is 4.31 Å². The van der Waals surface area contributed by atoms with Gasteiger partial charge in [0, 0.05) is 12.1 Å². The lowest BCUT2D eigenvalue weighted by Gasteiger charge is -2.18. The smallest absolute Gasteiger partial charge is 0.243 e. The van der Waals surface area contributed by atoms with Gasteiger partial charge in [0.25, 0.3) is 0 Å². The molecule has 0 aliphatic heterocycles. The number of carbonyl (C=O) groups excluding carboxylic acids is 1. The Labute approximate surface area is 203 Å². The molecule has 3 aromatic carbocycles. The first-order valence-electron chi connectivity index (χ1n) is 10.2. The van der Waals surface area contributed by atoms with Crippen molar-refractivity contribution in [2.24, 2.45) is 0 Å². The van der Waals surface area contributed by atoms with E-state index < -0.39 is 22.5 Å². The maximum atomic E-state index is 12.8. The van der Waals surface area contributed by atoms with Gasteiger partial charge in [-0.2, -0.15) is 9.57 Å². The van der Waals surface area contributed by atoms with Gasteiger partial charge in [-0.15, -0.1) is 0 Å². The molecule has 8 nitrogen and oxygen atoms in total. The van der Waals surface area contributed by atoms with Crippen LogP contribution in [-0.4, -0.2) is 38.8 Å². The summed E-state index contributed by atoms with van der Waals surface area (Å²) in [6.45, 7) is 1.99. The lowest BCUT2D eigenvalue weighted by molar-refractivity contribution is -0.116. The molecule has 0 fully saturated rings. The summed E-state index contributed by atoms with van der Waals surface area (Å²) in [7, 11) is -2.64. The molecule has 34 heavy (non-hydrogen) atoms. The summed E-state index contributed by atoms with van der Waals surface area (Å²) in [4.78, 5) is 12.6. The minimum absolute atomic E-state index is 0.0240. The molecule has 0 saturated heterocycles. The number of hydrogen-bond donors (Lipinski definition) is 1. The highest BCUT2D eigenvalue weighted by Crippen LogP contribution is 2.33. The van der Waals surface area contributed by atoms with Crippen LogP contribution in [0.3, 0.4) is 0 Å². The molecule has 0 saturated carbocycles. The Morgan fingerprint density at radius 2 is 1.71 bits per heavy atom. The second kappa shape index (κ2) is 11.0. The number of hydrogen-bond acceptors (Lipinski definition) is 6. The predicted molar refractivity (Wildman–Crippen MR) is 129 cm³/mol. The van der Waals surface area contributed by atoms with Crippen molar-refractivity contribution >= 4 is 33.2 Å². The lowest BCUT2D eigenvalue weighted by Crippen LogP contribution is -2.35. The Morgan fingerprint density at radius 1 is 1.06 bits per heavy atom. The molecule has 0 bridgehead atoms. The molecule has 0 aliphatic carbocycles. The third-order valence-corrected chi connectivity index (χ3v) is 6.69. The molecule has 1 amide bonds. The number of rotatable bonds is 9. The van der Waals surface area contributed by atoms with Gasteiger partial charge in [-0.25, -0.2) is 8.42 Å². The van der Waals surface area contributed by atoms with Crippen molar-refractivity contribution in [2.45, 2.75) is 11.8 Å². The third kappa shape index (κ3) is 6.26. The minimum atomic E-state index is -3.93. The zero-order valence-corrected chi connectivity index (χ0v) is 20.1. The summed E-state index contributed by atoms with van der Waals surface area (Å²) >= 11 is 6.09. The summed E-state index contributed by atoms with van der Waals surface area (Å²) in [6, 6.07) is 19.1. The van der Waals surface area contributed by atoms with Crippen LogP contribution < -0.4 is 14.8 Å². The predicted octanol–water partition coefficient (Wildman–Crippen LogP) is 4.66. The maximum Gasteiger partial charge on any atom is 0.243 e. The van der Waals surface area contributed by atoms with Crippen LogP contribution in [0.5, 0.6) is 17.2 Å². The maximum absolute atomic E-state index is 12.8. The van der Waals surface area contributed by atoms with Crippen LogP contribution in [0.25, 0.3) is 0 Å². The van der Waals surface area contributed by atoms with Crippen molar-refractivity contribution in [3.8, 4) is 23.3 Å². The number of nitriles is 1. The summed E-state index contributed by atoms with van der Waals surface area (Å²) in [5.41, 5.74) is 0.621. The number of anilines is 1. The van der Waals surface area contributed by atoms with E-state index in [0.717, 1.165) is 4.31 Å². The molecule has 0 aliphatic rings. The Balaban J connectivity index is 1.72. The molecule has 0 atom stereocenters. The summed E-state index contributed by atoms with van der Waals surface area (Å²) in [5.74, 6) is 0.964. The standard InChI is InChI=1S/C24H22ClN3O5S/c1-3-32-19-7-9-20(10-8-19)33-23-13-6-18(25)14-22(23)27-24(29)16-28(2)34(30,31)21-11-4-17(15-26)5-12-21/h4-14H,3,16H2,1-2H3,(H,27,29). The van der Waals surface area contributed by atoms with Gasteiger partial charge in [-0.1, -0.05) is 11.6 Å². The molecule has 3 aromatic rings. The van der Waals surface area contributed by atoms with E-state index in [1.54, 1.807) is 36.4 Å². The van der Waals surface area contributed by atoms with Crippen LogP contribution in [-0.2, 0) is 14.8 Å². The molecule has 0 spiro atoms. The Hall–Kier alpha value is -3.58. The number of benzene rings is 3. The SMILES string of the molecule is CCOc1ccc(Oc2ccc(Cl)cc2NC(=O)CN(C)S(=O)(=O)c2ccc(C#N)cc2)cc1. The van der Waals surface area contributed by atoms with Crippen LogP contribution in [0.2, 0.25) is 5.02 Å². The van der Waals surface area contributed by atoms with E-state index in [4.69, 9.17) is 26.3 Å². The minimum Gasteiger partial charge on any atom is -0.494 e. The van der Waals surface area contributed by atoms with Gasteiger partial charge in [0.2, 0.25) is 15.9 Å². The second-order valence-corrected chi connectivity index (χ2v) is 9.57. The van der Waals surface area contributed by atoms with Crippen molar-refractivity contribution in [1.29, 1.82) is 5.26 Å². The highest BCUT2D eigenvalue weighted by molar-refractivity contribution is 7.89. The number of amides is 1. The fourth-order valence-electron chi connectivity index (χ4n) is 2.94. The van der Waals surface area contributed by atoms with Gasteiger partial charge in [-0.05, 0) is 73.7 Å². The average Bonchev–Trinajstić information content (AvgIpc) is 2.82. The summed E-state index contributed by atoms with van der Waals surface area (Å²) < 4.78 is 37.7. The summed E-state index contributed by atoms with van der Waals surface area (Å²) in [6.07, 6.45) is 0. The Bertz CT molecular complexity index is 1300. The molecule has 1 N–H and O–H groups in total. The normalized spacial score (nSPS) is 11.0. The lowest BCUT2D eigenvalue weighted by atomic mass is 10.2. The van der Waals surface area contributed by atoms with E-state index in [2.05, 4.69) is 5.32 Å². The van der Waals surface area contributed by atoms with Crippen molar-refractivity contribution in [3.05, 3.63) is 77.3 Å². The van der Waals surface area contributed by atoms with E-state index >= 15 is 0 Å². The Morgan fingerprint density at radius 3 is 2.32 bits per heavy atom. The fraction of sp³-hybridized carbons (Fsp3) is 0.167. The highest BCUT2D eigenvalue weighted by Gasteiger charge is 2.23. The van der Waals surface area contributed by atoms with Gasteiger partial charge in [0.15, 0.2) is 5.75 Å². The number of nitrogens with one attached hydrogen (secondary N) is 1. The van der Waals surface area contributed by atoms with Crippen LogP contribution in [0.1, 0.15) is 12.5 Å². The first-order chi connectivity index (χ1) is 16.2. The monoisotopic (exact) mass is 499 g/mol. The van der Waals surface area contributed by atoms with Crippen LogP contribution in [0, 0.1) is 11.3 Å². The van der Waals surface area contributed by atoms with Crippen LogP contribution in [0.4, 0.5) is 5.69 Å². The molecule has 0 heterocycles. The zero-order chi connectivity index (χ0) is 24.7. The average molecular weight is 500 g/mol. The summed E-state index contributed by atoms with van der Waals surface area (Å²) in [5, 5.41) is 11.9. The van der Waals surface area contributed by atoms with Crippen LogP contribution >= 0.6 is 11.6 Å². The van der Waals surface area contributed by atoms with Gasteiger partial charge in [0.05, 0.1) is 35.4 Å². The fourth-order valence-corrected chi connectivity index (χ4v) is 4.24. The molecule has 0 aromatic heterocycles. The number of halogens is 1. The van der Waals surface area contributed by atoms with Crippen molar-refractivity contribution < 1.29 is 22.7 Å². The van der Waals surface area contributed by atoms with E-state index in [9.17, 15) is 13.2 Å². The van der Waals surface area contributed by atoms with Crippen LogP contribution in [0.15, 0.2) is 71.6 Å². The quantitative estimate of drug-likeness (QED) is 0.458. The largest absolute Gasteiger partial charge is 0.494 e. The van der Waals surface area contributed by atoms with Gasteiger partial charge in [-0.3, -0.25) is 4.79 Å². The number of likely N-dealkylation sites (N-methyl/N-ethyl adjacent to an activating group) is 1. The van der Waals surface area contributed by atoms with Crippen molar-refractivity contribution in [3.63, 3.8) is 0 Å². The van der Waals surface area contributed by atoms with Gasteiger partial charge < -0.3 is 14.8 Å². The Kier molecular flexibility index (Phi) is 8.12. The number of nitrogens with zero attached hydrogens (tertiary/aromatic N) is 2. The first-order valence-corrected chi connectivity index (χ1v) is 12.0. The molecule has 0 radical (unpaired) electrons. The molecule has 0 unspecified atom stereocenters. The molecule has 3 rings (SSSR count). The van der Waals surface area contributed by atoms with Gasteiger partial charge >= 0.3 is 0 Å². The van der Waals surface area contributed by atoms with E-state index in [1.165, 1.54) is 37.4 Å². The van der Waals surface area contributed by atoms with E-state index in [-0.39, 0.29) is 10.6 Å². The van der Waals surface area contributed by atoms with Crippen molar-refractivity contribution in [2.75, 3.05) is 25.5 Å². The van der Waals surface area contributed by atoms with E-state index in [1.807, 2.05) is 13.0 Å². The zero-order valence-electron chi connectivity index (χ0n) is 18.5. The topological polar surface area (TPSA) is 109 Å². The molecular formula is C24H22ClN3O5S.